The lowest BCUT2D eigenvalue weighted by Crippen LogP contribution is -2.49. The number of rotatable bonds is 7. The van der Waals surface area contributed by atoms with Gasteiger partial charge in [0.2, 0.25) is 11.8 Å². The first-order valence-corrected chi connectivity index (χ1v) is 6.00. The van der Waals surface area contributed by atoms with Gasteiger partial charge in [0.15, 0.2) is 0 Å². The molecule has 2 unspecified atom stereocenters. The second kappa shape index (κ2) is 7.68. The van der Waals surface area contributed by atoms with Crippen molar-refractivity contribution < 1.29 is 19.5 Å². The standard InChI is InChI=1S/C12H22N2O4/c1-7(2)11(14-9(4)15)12(18)13-6-8(3)5-10(16)17/h7-8,11H,5-6H2,1-4H3,(H,13,18)(H,14,15)(H,16,17). The van der Waals surface area contributed by atoms with Gasteiger partial charge in [-0.1, -0.05) is 20.8 Å². The summed E-state index contributed by atoms with van der Waals surface area (Å²) in [6.45, 7) is 7.06. The molecule has 0 aromatic heterocycles. The highest BCUT2D eigenvalue weighted by molar-refractivity contribution is 5.87. The van der Waals surface area contributed by atoms with Gasteiger partial charge in [-0.2, -0.15) is 0 Å². The van der Waals surface area contributed by atoms with Crippen molar-refractivity contribution in [2.45, 2.75) is 40.2 Å². The number of carboxylic acid groups (broad SMARTS) is 1. The van der Waals surface area contributed by atoms with Crippen molar-refractivity contribution in [1.82, 2.24) is 10.6 Å². The van der Waals surface area contributed by atoms with Crippen LogP contribution in [0, 0.1) is 11.8 Å². The molecule has 0 rings (SSSR count). The molecular formula is C12H22N2O4. The molecule has 104 valence electrons. The van der Waals surface area contributed by atoms with E-state index in [0.717, 1.165) is 0 Å². The second-order valence-electron chi connectivity index (χ2n) is 4.87. The smallest absolute Gasteiger partial charge is 0.303 e. The summed E-state index contributed by atoms with van der Waals surface area (Å²) in [4.78, 5) is 33.3. The number of carboxylic acids is 1. The van der Waals surface area contributed by atoms with E-state index >= 15 is 0 Å². The van der Waals surface area contributed by atoms with E-state index in [2.05, 4.69) is 10.6 Å². The first-order chi connectivity index (χ1) is 8.23. The molecule has 6 heteroatoms. The molecule has 3 N–H and O–H groups in total. The zero-order valence-corrected chi connectivity index (χ0v) is 11.3. The van der Waals surface area contributed by atoms with Gasteiger partial charge >= 0.3 is 5.97 Å². The van der Waals surface area contributed by atoms with E-state index in [4.69, 9.17) is 5.11 Å². The Morgan fingerprint density at radius 2 is 1.72 bits per heavy atom. The van der Waals surface area contributed by atoms with E-state index in [1.165, 1.54) is 6.92 Å². The fourth-order valence-corrected chi connectivity index (χ4v) is 1.51. The number of carbonyl (C=O) groups is 3. The van der Waals surface area contributed by atoms with Gasteiger partial charge in [-0.05, 0) is 11.8 Å². The van der Waals surface area contributed by atoms with Gasteiger partial charge in [0.1, 0.15) is 6.04 Å². The number of amides is 2. The lowest BCUT2D eigenvalue weighted by atomic mass is 10.0. The first kappa shape index (κ1) is 16.4. The first-order valence-electron chi connectivity index (χ1n) is 6.00. The van der Waals surface area contributed by atoms with Crippen LogP contribution in [0.15, 0.2) is 0 Å². The molecular weight excluding hydrogens is 236 g/mol. The fraction of sp³-hybridized carbons (Fsp3) is 0.750. The summed E-state index contributed by atoms with van der Waals surface area (Å²) in [5, 5.41) is 13.8. The SMILES string of the molecule is CC(=O)NC(C(=O)NCC(C)CC(=O)O)C(C)C. The minimum absolute atomic E-state index is 0.00671. The van der Waals surface area contributed by atoms with E-state index in [1.54, 1.807) is 6.92 Å². The van der Waals surface area contributed by atoms with Crippen LogP contribution in [0.5, 0.6) is 0 Å². The molecule has 2 amide bonds. The Morgan fingerprint density at radius 1 is 1.17 bits per heavy atom. The molecule has 0 aliphatic rings. The average molecular weight is 258 g/mol. The van der Waals surface area contributed by atoms with Crippen molar-refractivity contribution in [2.75, 3.05) is 6.54 Å². The third-order valence-electron chi connectivity index (χ3n) is 2.46. The van der Waals surface area contributed by atoms with Crippen molar-refractivity contribution in [3.05, 3.63) is 0 Å². The molecule has 18 heavy (non-hydrogen) atoms. The van der Waals surface area contributed by atoms with Crippen LogP contribution in [-0.4, -0.2) is 35.5 Å². The summed E-state index contributed by atoms with van der Waals surface area (Å²) < 4.78 is 0. The number of hydrogen-bond acceptors (Lipinski definition) is 3. The van der Waals surface area contributed by atoms with Crippen LogP contribution in [0.2, 0.25) is 0 Å². The summed E-state index contributed by atoms with van der Waals surface area (Å²) in [6, 6.07) is -0.584. The highest BCUT2D eigenvalue weighted by Crippen LogP contribution is 2.04. The average Bonchev–Trinajstić information content (AvgIpc) is 2.21. The highest BCUT2D eigenvalue weighted by Gasteiger charge is 2.23. The Morgan fingerprint density at radius 3 is 2.11 bits per heavy atom. The van der Waals surface area contributed by atoms with E-state index in [1.807, 2.05) is 13.8 Å². The normalized spacial score (nSPS) is 13.8. The molecule has 0 spiro atoms. The molecule has 0 heterocycles. The molecule has 0 aromatic rings. The van der Waals surface area contributed by atoms with Gasteiger partial charge in [-0.25, -0.2) is 0 Å². The van der Waals surface area contributed by atoms with Gasteiger partial charge in [0, 0.05) is 19.9 Å². The molecule has 0 saturated heterocycles. The molecule has 0 saturated carbocycles. The summed E-state index contributed by atoms with van der Waals surface area (Å²) in [7, 11) is 0. The Bertz CT molecular complexity index is 315. The molecule has 0 aliphatic carbocycles. The van der Waals surface area contributed by atoms with E-state index in [9.17, 15) is 14.4 Å². The zero-order valence-electron chi connectivity index (χ0n) is 11.3. The minimum atomic E-state index is -0.890. The monoisotopic (exact) mass is 258 g/mol. The maximum absolute atomic E-state index is 11.8. The van der Waals surface area contributed by atoms with Crippen LogP contribution < -0.4 is 10.6 Å². The quantitative estimate of drug-likeness (QED) is 0.615. The topological polar surface area (TPSA) is 95.5 Å². The Hall–Kier alpha value is -1.59. The van der Waals surface area contributed by atoms with Gasteiger partial charge in [0.25, 0.3) is 0 Å². The molecule has 0 aromatic carbocycles. The third kappa shape index (κ3) is 6.88. The molecule has 0 aliphatic heterocycles. The zero-order chi connectivity index (χ0) is 14.3. The molecule has 2 atom stereocenters. The maximum atomic E-state index is 11.8. The minimum Gasteiger partial charge on any atom is -0.481 e. The van der Waals surface area contributed by atoms with Crippen LogP contribution in [0.4, 0.5) is 0 Å². The highest BCUT2D eigenvalue weighted by atomic mass is 16.4. The molecule has 0 fully saturated rings. The number of nitrogens with one attached hydrogen (secondary N) is 2. The van der Waals surface area contributed by atoms with E-state index < -0.39 is 12.0 Å². The van der Waals surface area contributed by atoms with Gasteiger partial charge in [-0.15, -0.1) is 0 Å². The summed E-state index contributed by atoms with van der Waals surface area (Å²) in [6.07, 6.45) is 0.00671. The van der Waals surface area contributed by atoms with Crippen molar-refractivity contribution in [1.29, 1.82) is 0 Å². The largest absolute Gasteiger partial charge is 0.481 e. The molecule has 6 nitrogen and oxygen atoms in total. The fourth-order valence-electron chi connectivity index (χ4n) is 1.51. The lowest BCUT2D eigenvalue weighted by Gasteiger charge is -2.21. The van der Waals surface area contributed by atoms with E-state index in [0.29, 0.717) is 0 Å². The van der Waals surface area contributed by atoms with Crippen LogP contribution >= 0.6 is 0 Å². The summed E-state index contributed by atoms with van der Waals surface area (Å²) >= 11 is 0. The summed E-state index contributed by atoms with van der Waals surface area (Å²) in [5.74, 6) is -1.60. The molecule has 0 radical (unpaired) electrons. The number of carbonyl (C=O) groups excluding carboxylic acids is 2. The second-order valence-corrected chi connectivity index (χ2v) is 4.87. The van der Waals surface area contributed by atoms with Crippen molar-refractivity contribution in [2.24, 2.45) is 11.8 Å². The Labute approximate surface area is 107 Å². The van der Waals surface area contributed by atoms with Crippen molar-refractivity contribution in [3.8, 4) is 0 Å². The van der Waals surface area contributed by atoms with Crippen LogP contribution in [-0.2, 0) is 14.4 Å². The van der Waals surface area contributed by atoms with Crippen LogP contribution in [0.25, 0.3) is 0 Å². The summed E-state index contributed by atoms with van der Waals surface area (Å²) in [5.41, 5.74) is 0. The predicted octanol–water partition coefficient (Wildman–Crippen LogP) is 0.374. The van der Waals surface area contributed by atoms with Crippen LogP contribution in [0.3, 0.4) is 0 Å². The van der Waals surface area contributed by atoms with Crippen molar-refractivity contribution >= 4 is 17.8 Å². The van der Waals surface area contributed by atoms with Crippen molar-refractivity contribution in [3.63, 3.8) is 0 Å². The Kier molecular flexibility index (Phi) is 7.00. The predicted molar refractivity (Wildman–Crippen MR) is 66.9 cm³/mol. The van der Waals surface area contributed by atoms with Gasteiger partial charge in [0.05, 0.1) is 0 Å². The number of aliphatic carboxylic acids is 1. The van der Waals surface area contributed by atoms with Gasteiger partial charge in [-0.3, -0.25) is 14.4 Å². The van der Waals surface area contributed by atoms with Crippen LogP contribution in [0.1, 0.15) is 34.1 Å². The van der Waals surface area contributed by atoms with Gasteiger partial charge < -0.3 is 15.7 Å². The number of hydrogen-bond donors (Lipinski definition) is 3. The Balaban J connectivity index is 4.26. The maximum Gasteiger partial charge on any atom is 0.303 e. The third-order valence-corrected chi connectivity index (χ3v) is 2.46. The van der Waals surface area contributed by atoms with E-state index in [-0.39, 0.29) is 36.6 Å². The molecule has 0 bridgehead atoms. The lowest BCUT2D eigenvalue weighted by molar-refractivity contribution is -0.138.